The third-order valence-electron chi connectivity index (χ3n) is 2.49. The van der Waals surface area contributed by atoms with Gasteiger partial charge in [0, 0.05) is 18.7 Å². The number of rotatable bonds is 4. The normalized spacial score (nSPS) is 10.1. The second-order valence-corrected chi connectivity index (χ2v) is 3.71. The molecule has 6 heteroatoms. The van der Waals surface area contributed by atoms with E-state index >= 15 is 0 Å². The monoisotopic (exact) mass is 246 g/mol. The molecule has 0 saturated carbocycles. The first-order chi connectivity index (χ1) is 8.70. The maximum absolute atomic E-state index is 11.4. The van der Waals surface area contributed by atoms with Gasteiger partial charge in [-0.2, -0.15) is 0 Å². The highest BCUT2D eigenvalue weighted by Gasteiger charge is 2.06. The molecular formula is C12H14N4O2. The van der Waals surface area contributed by atoms with Crippen molar-refractivity contribution in [3.8, 4) is 0 Å². The van der Waals surface area contributed by atoms with Gasteiger partial charge in [0.25, 0.3) is 5.91 Å². The van der Waals surface area contributed by atoms with Crippen molar-refractivity contribution in [2.45, 2.75) is 6.54 Å². The SMILES string of the molecule is CNC(=O)c1ccc(NCc2ccno2)c(N)c1. The van der Waals surface area contributed by atoms with Crippen LogP contribution in [0.3, 0.4) is 0 Å². The van der Waals surface area contributed by atoms with Crippen molar-refractivity contribution in [3.05, 3.63) is 41.8 Å². The molecule has 1 amide bonds. The Bertz CT molecular complexity index is 537. The standard InChI is InChI=1S/C12H14N4O2/c1-14-12(17)8-2-3-11(10(13)6-8)15-7-9-4-5-16-18-9/h2-6,15H,7,13H2,1H3,(H,14,17). The number of nitrogen functional groups attached to an aromatic ring is 1. The molecule has 1 aromatic heterocycles. The lowest BCUT2D eigenvalue weighted by atomic mass is 10.1. The summed E-state index contributed by atoms with van der Waals surface area (Å²) >= 11 is 0. The molecule has 0 spiro atoms. The highest BCUT2D eigenvalue weighted by atomic mass is 16.5. The summed E-state index contributed by atoms with van der Waals surface area (Å²) in [6.45, 7) is 0.490. The quantitative estimate of drug-likeness (QED) is 0.705. The van der Waals surface area contributed by atoms with E-state index < -0.39 is 0 Å². The van der Waals surface area contributed by atoms with E-state index in [9.17, 15) is 4.79 Å². The van der Waals surface area contributed by atoms with Crippen LogP contribution in [0.25, 0.3) is 0 Å². The highest BCUT2D eigenvalue weighted by molar-refractivity contribution is 5.95. The summed E-state index contributed by atoms with van der Waals surface area (Å²) in [6, 6.07) is 6.86. The number of amides is 1. The molecule has 2 aromatic rings. The lowest BCUT2D eigenvalue weighted by Gasteiger charge is -2.09. The van der Waals surface area contributed by atoms with Crippen LogP contribution in [0, 0.1) is 0 Å². The molecule has 0 fully saturated rings. The summed E-state index contributed by atoms with van der Waals surface area (Å²) in [5.41, 5.74) is 7.65. The van der Waals surface area contributed by atoms with Crippen molar-refractivity contribution >= 4 is 17.3 Å². The molecule has 0 radical (unpaired) electrons. The lowest BCUT2D eigenvalue weighted by molar-refractivity contribution is 0.0963. The van der Waals surface area contributed by atoms with Crippen molar-refractivity contribution in [1.82, 2.24) is 10.5 Å². The van der Waals surface area contributed by atoms with Gasteiger partial charge in [-0.3, -0.25) is 4.79 Å². The second-order valence-electron chi connectivity index (χ2n) is 3.71. The summed E-state index contributed by atoms with van der Waals surface area (Å²) < 4.78 is 4.96. The summed E-state index contributed by atoms with van der Waals surface area (Å²) in [5, 5.41) is 9.26. The highest BCUT2D eigenvalue weighted by Crippen LogP contribution is 2.20. The zero-order valence-corrected chi connectivity index (χ0v) is 9.93. The van der Waals surface area contributed by atoms with Crippen molar-refractivity contribution in [2.75, 3.05) is 18.1 Å². The molecule has 94 valence electrons. The fraction of sp³-hybridized carbons (Fsp3) is 0.167. The van der Waals surface area contributed by atoms with Crippen LogP contribution in [0.2, 0.25) is 0 Å². The van der Waals surface area contributed by atoms with E-state index in [1.807, 2.05) is 0 Å². The van der Waals surface area contributed by atoms with Gasteiger partial charge in [0.1, 0.15) is 0 Å². The molecule has 1 heterocycles. The van der Waals surface area contributed by atoms with Gasteiger partial charge in [0.15, 0.2) is 5.76 Å². The lowest BCUT2D eigenvalue weighted by Crippen LogP contribution is -2.18. The first-order valence-electron chi connectivity index (χ1n) is 5.45. The number of hydrogen-bond donors (Lipinski definition) is 3. The van der Waals surface area contributed by atoms with Gasteiger partial charge >= 0.3 is 0 Å². The number of benzene rings is 1. The topological polar surface area (TPSA) is 93.2 Å². The largest absolute Gasteiger partial charge is 0.397 e. The Kier molecular flexibility index (Phi) is 3.47. The van der Waals surface area contributed by atoms with E-state index in [2.05, 4.69) is 15.8 Å². The fourth-order valence-electron chi connectivity index (χ4n) is 1.52. The van der Waals surface area contributed by atoms with E-state index in [1.54, 1.807) is 37.5 Å². The molecule has 18 heavy (non-hydrogen) atoms. The molecule has 0 unspecified atom stereocenters. The average Bonchev–Trinajstić information content (AvgIpc) is 2.89. The van der Waals surface area contributed by atoms with E-state index in [1.165, 1.54) is 0 Å². The number of hydrogen-bond acceptors (Lipinski definition) is 5. The van der Waals surface area contributed by atoms with Gasteiger partial charge in [0.2, 0.25) is 0 Å². The minimum absolute atomic E-state index is 0.163. The minimum Gasteiger partial charge on any atom is -0.397 e. The van der Waals surface area contributed by atoms with Crippen LogP contribution < -0.4 is 16.4 Å². The van der Waals surface area contributed by atoms with Crippen LogP contribution in [0.1, 0.15) is 16.1 Å². The molecule has 0 saturated heterocycles. The van der Waals surface area contributed by atoms with Gasteiger partial charge in [-0.15, -0.1) is 0 Å². The number of nitrogens with two attached hydrogens (primary N) is 1. The van der Waals surface area contributed by atoms with Crippen LogP contribution >= 0.6 is 0 Å². The third kappa shape index (κ3) is 2.60. The zero-order chi connectivity index (χ0) is 13.0. The van der Waals surface area contributed by atoms with Gasteiger partial charge in [-0.05, 0) is 18.2 Å². The molecule has 2 rings (SSSR count). The molecule has 0 aliphatic heterocycles. The van der Waals surface area contributed by atoms with Crippen LogP contribution in [0.4, 0.5) is 11.4 Å². The Morgan fingerprint density at radius 1 is 1.44 bits per heavy atom. The van der Waals surface area contributed by atoms with Gasteiger partial charge in [-0.25, -0.2) is 0 Å². The van der Waals surface area contributed by atoms with E-state index in [0.717, 1.165) is 5.69 Å². The first-order valence-corrected chi connectivity index (χ1v) is 5.45. The Morgan fingerprint density at radius 2 is 2.28 bits per heavy atom. The van der Waals surface area contributed by atoms with Crippen LogP contribution in [0.15, 0.2) is 35.0 Å². The summed E-state index contributed by atoms with van der Waals surface area (Å²) in [4.78, 5) is 11.4. The van der Waals surface area contributed by atoms with Gasteiger partial charge in [-0.1, -0.05) is 5.16 Å². The number of carbonyl (C=O) groups excluding carboxylic acids is 1. The van der Waals surface area contributed by atoms with Crippen LogP contribution in [-0.4, -0.2) is 18.1 Å². The third-order valence-corrected chi connectivity index (χ3v) is 2.49. The molecule has 0 atom stereocenters. The molecule has 0 aliphatic carbocycles. The first kappa shape index (κ1) is 12.0. The number of carbonyl (C=O) groups is 1. The molecule has 0 aliphatic rings. The van der Waals surface area contributed by atoms with E-state index in [0.29, 0.717) is 23.6 Å². The molecular weight excluding hydrogens is 232 g/mol. The van der Waals surface area contributed by atoms with Crippen molar-refractivity contribution in [2.24, 2.45) is 0 Å². The predicted octanol–water partition coefficient (Wildman–Crippen LogP) is 1.23. The summed E-state index contributed by atoms with van der Waals surface area (Å²) in [7, 11) is 1.58. The second kappa shape index (κ2) is 5.22. The Balaban J connectivity index is 2.08. The van der Waals surface area contributed by atoms with Crippen LogP contribution in [0.5, 0.6) is 0 Å². The van der Waals surface area contributed by atoms with Crippen LogP contribution in [-0.2, 0) is 6.54 Å². The molecule has 4 N–H and O–H groups in total. The van der Waals surface area contributed by atoms with Gasteiger partial charge < -0.3 is 20.9 Å². The Hall–Kier alpha value is -2.50. The Labute approximate surface area is 104 Å². The predicted molar refractivity (Wildman–Crippen MR) is 68.1 cm³/mol. The molecule has 6 nitrogen and oxygen atoms in total. The fourth-order valence-corrected chi connectivity index (χ4v) is 1.52. The molecule has 1 aromatic carbocycles. The number of nitrogens with one attached hydrogen (secondary N) is 2. The number of aromatic nitrogens is 1. The van der Waals surface area contributed by atoms with Crippen molar-refractivity contribution in [3.63, 3.8) is 0 Å². The minimum atomic E-state index is -0.163. The summed E-state index contributed by atoms with van der Waals surface area (Å²) in [6.07, 6.45) is 1.58. The maximum atomic E-state index is 11.4. The van der Waals surface area contributed by atoms with E-state index in [4.69, 9.17) is 10.3 Å². The maximum Gasteiger partial charge on any atom is 0.251 e. The molecule has 0 bridgehead atoms. The van der Waals surface area contributed by atoms with E-state index in [-0.39, 0.29) is 5.91 Å². The Morgan fingerprint density at radius 3 is 2.89 bits per heavy atom. The van der Waals surface area contributed by atoms with Crippen molar-refractivity contribution in [1.29, 1.82) is 0 Å². The zero-order valence-electron chi connectivity index (χ0n) is 9.93. The average molecular weight is 246 g/mol. The summed E-state index contributed by atoms with van der Waals surface area (Å²) in [5.74, 6) is 0.549. The number of anilines is 2. The van der Waals surface area contributed by atoms with Gasteiger partial charge in [0.05, 0.1) is 24.1 Å². The number of nitrogens with zero attached hydrogens (tertiary/aromatic N) is 1. The smallest absolute Gasteiger partial charge is 0.251 e. The van der Waals surface area contributed by atoms with Crippen molar-refractivity contribution < 1.29 is 9.32 Å².